The van der Waals surface area contributed by atoms with Crippen LogP contribution in [0.4, 0.5) is 0 Å². The molecule has 1 aromatic rings. The van der Waals surface area contributed by atoms with Crippen LogP contribution in [0.25, 0.3) is 0 Å². The lowest BCUT2D eigenvalue weighted by molar-refractivity contribution is -0.407. The fourth-order valence-corrected chi connectivity index (χ4v) is 1.04. The van der Waals surface area contributed by atoms with Crippen LogP contribution in [-0.2, 0) is 9.78 Å². The largest absolute Gasteiger partial charge is 0.291 e. The maximum atomic E-state index is 11.4. The van der Waals surface area contributed by atoms with Gasteiger partial charge in [-0.1, -0.05) is 30.3 Å². The van der Waals surface area contributed by atoms with Crippen molar-refractivity contribution in [3.8, 4) is 0 Å². The van der Waals surface area contributed by atoms with Gasteiger partial charge in [0, 0.05) is 5.56 Å². The lowest BCUT2D eigenvalue weighted by Crippen LogP contribution is -2.38. The average molecular weight is 164 g/mol. The van der Waals surface area contributed by atoms with E-state index < -0.39 is 6.10 Å². The maximum absolute atomic E-state index is 11.4. The number of ketones is 1. The van der Waals surface area contributed by atoms with Gasteiger partial charge in [0.05, 0.1) is 0 Å². The summed E-state index contributed by atoms with van der Waals surface area (Å²) in [6.45, 7) is 0.369. The molecule has 1 unspecified atom stereocenters. The summed E-state index contributed by atoms with van der Waals surface area (Å²) in [5.74, 6) is -0.0122. The van der Waals surface area contributed by atoms with Gasteiger partial charge >= 0.3 is 0 Å². The Morgan fingerprint density at radius 2 is 2.00 bits per heavy atom. The van der Waals surface area contributed by atoms with Crippen LogP contribution >= 0.6 is 0 Å². The highest BCUT2D eigenvalue weighted by Gasteiger charge is 2.29. The molecule has 1 aromatic carbocycles. The third kappa shape index (κ3) is 1.24. The molecule has 3 nitrogen and oxygen atoms in total. The van der Waals surface area contributed by atoms with E-state index in [0.29, 0.717) is 12.2 Å². The maximum Gasteiger partial charge on any atom is 0.197 e. The van der Waals surface area contributed by atoms with Gasteiger partial charge in [0.1, 0.15) is 6.61 Å². The van der Waals surface area contributed by atoms with Crippen molar-refractivity contribution in [1.29, 1.82) is 0 Å². The summed E-state index contributed by atoms with van der Waals surface area (Å²) in [6.07, 6.45) is -0.396. The summed E-state index contributed by atoms with van der Waals surface area (Å²) >= 11 is 0. The zero-order chi connectivity index (χ0) is 8.39. The number of Topliss-reactive ketones (excluding diaryl/α,β-unsaturated/α-hetero) is 1. The van der Waals surface area contributed by atoms with Gasteiger partial charge in [-0.05, 0) is 0 Å². The van der Waals surface area contributed by atoms with Gasteiger partial charge in [-0.15, -0.1) is 0 Å². The summed E-state index contributed by atoms with van der Waals surface area (Å²) < 4.78 is 0. The third-order valence-corrected chi connectivity index (χ3v) is 1.75. The standard InChI is InChI=1S/C9H8O3/c10-9(8-6-11-12-8)7-4-2-1-3-5-7/h1-5,8H,6H2. The van der Waals surface area contributed by atoms with E-state index in [0.717, 1.165) is 0 Å². The van der Waals surface area contributed by atoms with E-state index in [9.17, 15) is 4.79 Å². The Morgan fingerprint density at radius 1 is 1.33 bits per heavy atom. The van der Waals surface area contributed by atoms with Gasteiger partial charge < -0.3 is 0 Å². The highest BCUT2D eigenvalue weighted by molar-refractivity contribution is 5.99. The predicted molar refractivity (Wildman–Crippen MR) is 41.6 cm³/mol. The van der Waals surface area contributed by atoms with Crippen LogP contribution in [0.3, 0.4) is 0 Å². The summed E-state index contributed by atoms with van der Waals surface area (Å²) in [5.41, 5.74) is 0.672. The van der Waals surface area contributed by atoms with Crippen LogP contribution in [0.5, 0.6) is 0 Å². The minimum absolute atomic E-state index is 0.0122. The van der Waals surface area contributed by atoms with Gasteiger partial charge in [0.25, 0.3) is 0 Å². The molecular formula is C9H8O3. The van der Waals surface area contributed by atoms with Crippen molar-refractivity contribution in [2.24, 2.45) is 0 Å². The van der Waals surface area contributed by atoms with E-state index in [-0.39, 0.29) is 5.78 Å². The van der Waals surface area contributed by atoms with Gasteiger partial charge in [0.2, 0.25) is 0 Å². The van der Waals surface area contributed by atoms with Crippen LogP contribution < -0.4 is 0 Å². The number of benzene rings is 1. The second-order valence-electron chi connectivity index (χ2n) is 2.60. The second-order valence-corrected chi connectivity index (χ2v) is 2.60. The Labute approximate surface area is 69.8 Å². The SMILES string of the molecule is O=C(c1ccccc1)C1COO1. The number of hydrogen-bond donors (Lipinski definition) is 0. The van der Waals surface area contributed by atoms with Crippen molar-refractivity contribution in [3.05, 3.63) is 35.9 Å². The lowest BCUT2D eigenvalue weighted by Gasteiger charge is -2.22. The highest BCUT2D eigenvalue weighted by atomic mass is 17.2. The minimum atomic E-state index is -0.396. The van der Waals surface area contributed by atoms with E-state index in [1.54, 1.807) is 12.1 Å². The smallest absolute Gasteiger partial charge is 0.197 e. The molecular weight excluding hydrogens is 156 g/mol. The van der Waals surface area contributed by atoms with Crippen molar-refractivity contribution in [1.82, 2.24) is 0 Å². The molecule has 3 heteroatoms. The average Bonchev–Trinajstić information content (AvgIpc) is 2.03. The first kappa shape index (κ1) is 7.46. The molecule has 1 aliphatic heterocycles. The molecule has 0 radical (unpaired) electrons. The Bertz CT molecular complexity index is 277. The molecule has 0 N–H and O–H groups in total. The van der Waals surface area contributed by atoms with Crippen LogP contribution in [0.2, 0.25) is 0 Å². The quantitative estimate of drug-likeness (QED) is 0.486. The molecule has 2 rings (SSSR count). The summed E-state index contributed by atoms with van der Waals surface area (Å²) in [5, 5.41) is 0. The van der Waals surface area contributed by atoms with Crippen LogP contribution in [-0.4, -0.2) is 18.5 Å². The molecule has 1 saturated heterocycles. The van der Waals surface area contributed by atoms with Crippen LogP contribution in [0.1, 0.15) is 10.4 Å². The molecule has 0 aromatic heterocycles. The topological polar surface area (TPSA) is 35.5 Å². The van der Waals surface area contributed by atoms with Crippen molar-refractivity contribution in [2.45, 2.75) is 6.10 Å². The molecule has 62 valence electrons. The van der Waals surface area contributed by atoms with Crippen molar-refractivity contribution in [2.75, 3.05) is 6.61 Å². The third-order valence-electron chi connectivity index (χ3n) is 1.75. The van der Waals surface area contributed by atoms with Gasteiger partial charge in [-0.2, -0.15) is 0 Å². The van der Waals surface area contributed by atoms with E-state index in [1.165, 1.54) is 0 Å². The van der Waals surface area contributed by atoms with Crippen molar-refractivity contribution >= 4 is 5.78 Å². The van der Waals surface area contributed by atoms with Crippen LogP contribution in [0.15, 0.2) is 30.3 Å². The number of rotatable bonds is 2. The van der Waals surface area contributed by atoms with E-state index in [2.05, 4.69) is 9.78 Å². The number of carbonyl (C=O) groups is 1. The molecule has 1 fully saturated rings. The number of hydrogen-bond acceptors (Lipinski definition) is 3. The minimum Gasteiger partial charge on any atom is -0.291 e. The molecule has 1 heterocycles. The molecule has 12 heavy (non-hydrogen) atoms. The zero-order valence-corrected chi connectivity index (χ0v) is 6.40. The van der Waals surface area contributed by atoms with E-state index in [4.69, 9.17) is 0 Å². The van der Waals surface area contributed by atoms with Gasteiger partial charge in [0.15, 0.2) is 11.9 Å². The first-order valence-corrected chi connectivity index (χ1v) is 3.75. The van der Waals surface area contributed by atoms with Gasteiger partial charge in [-0.25, -0.2) is 9.78 Å². The first-order chi connectivity index (χ1) is 5.88. The zero-order valence-electron chi connectivity index (χ0n) is 6.40. The number of carbonyl (C=O) groups excluding carboxylic acids is 1. The Balaban J connectivity index is 2.14. The van der Waals surface area contributed by atoms with E-state index >= 15 is 0 Å². The summed E-state index contributed by atoms with van der Waals surface area (Å²) in [6, 6.07) is 9.06. The summed E-state index contributed by atoms with van der Waals surface area (Å²) in [7, 11) is 0. The molecule has 0 bridgehead atoms. The molecule has 1 atom stereocenters. The fourth-order valence-electron chi connectivity index (χ4n) is 1.04. The van der Waals surface area contributed by atoms with E-state index in [1.807, 2.05) is 18.2 Å². The predicted octanol–water partition coefficient (Wildman–Crippen LogP) is 1.20. The van der Waals surface area contributed by atoms with Crippen molar-refractivity contribution in [3.63, 3.8) is 0 Å². The lowest BCUT2D eigenvalue weighted by atomic mass is 10.1. The summed E-state index contributed by atoms with van der Waals surface area (Å²) in [4.78, 5) is 20.5. The fraction of sp³-hybridized carbons (Fsp3) is 0.222. The highest BCUT2D eigenvalue weighted by Crippen LogP contribution is 2.13. The Hall–Kier alpha value is -1.19. The molecule has 0 aliphatic carbocycles. The molecule has 0 spiro atoms. The molecule has 0 saturated carbocycles. The molecule has 0 amide bonds. The monoisotopic (exact) mass is 164 g/mol. The van der Waals surface area contributed by atoms with Crippen molar-refractivity contribution < 1.29 is 14.6 Å². The van der Waals surface area contributed by atoms with Gasteiger partial charge in [-0.3, -0.25) is 4.79 Å². The van der Waals surface area contributed by atoms with Crippen LogP contribution in [0, 0.1) is 0 Å². The Kier molecular flexibility index (Phi) is 1.89. The Morgan fingerprint density at radius 3 is 2.50 bits per heavy atom. The first-order valence-electron chi connectivity index (χ1n) is 3.75. The normalized spacial score (nSPS) is 21.5. The second kappa shape index (κ2) is 3.05. The molecule has 1 aliphatic rings.